The van der Waals surface area contributed by atoms with Crippen LogP contribution in [-0.2, 0) is 17.9 Å². The molecule has 1 amide bonds. The molecule has 1 N–H and O–H groups in total. The first-order valence-corrected chi connectivity index (χ1v) is 9.33. The van der Waals surface area contributed by atoms with E-state index in [-0.39, 0.29) is 12.5 Å². The number of aromatic nitrogens is 3. The Morgan fingerprint density at radius 3 is 2.81 bits per heavy atom. The number of nitrogens with one attached hydrogen (secondary N) is 1. The van der Waals surface area contributed by atoms with Crippen LogP contribution < -0.4 is 5.32 Å². The second kappa shape index (κ2) is 7.24. The molecule has 0 atom stereocenters. The lowest BCUT2D eigenvalue weighted by molar-refractivity contribution is -0.121. The Balaban J connectivity index is 1.50. The maximum Gasteiger partial charge on any atom is 0.258 e. The average molecular weight is 382 g/mol. The number of hydrogen-bond acceptors (Lipinski definition) is 6. The standard InChI is InChI=1S/C19H18N4O3S/c1-12-9-15(18-21-22-19(26-18)16-6-4-8-27-16)13(2)23(12)11-17(24)20-10-14-5-3-7-25-14/h3-9H,10-11H2,1-2H3,(H,20,24). The van der Waals surface area contributed by atoms with Crippen molar-refractivity contribution in [3.8, 4) is 22.2 Å². The SMILES string of the molecule is Cc1cc(-c2nnc(-c3cccs3)o2)c(C)n1CC(=O)NCc1ccco1. The van der Waals surface area contributed by atoms with Gasteiger partial charge in [-0.1, -0.05) is 6.07 Å². The molecular formula is C19H18N4O3S. The molecule has 7 nitrogen and oxygen atoms in total. The number of aryl methyl sites for hydroxylation is 1. The maximum atomic E-state index is 12.3. The summed E-state index contributed by atoms with van der Waals surface area (Å²) in [6.45, 7) is 4.47. The van der Waals surface area contributed by atoms with E-state index >= 15 is 0 Å². The summed E-state index contributed by atoms with van der Waals surface area (Å²) in [5.74, 6) is 1.58. The van der Waals surface area contributed by atoms with E-state index in [0.717, 1.165) is 27.6 Å². The number of rotatable bonds is 6. The van der Waals surface area contributed by atoms with Gasteiger partial charge in [0.1, 0.15) is 12.3 Å². The quantitative estimate of drug-likeness (QED) is 0.548. The van der Waals surface area contributed by atoms with Crippen molar-refractivity contribution in [1.29, 1.82) is 0 Å². The molecule has 27 heavy (non-hydrogen) atoms. The van der Waals surface area contributed by atoms with Gasteiger partial charge in [0, 0.05) is 11.4 Å². The fraction of sp³-hybridized carbons (Fsp3) is 0.211. The minimum Gasteiger partial charge on any atom is -0.467 e. The first kappa shape index (κ1) is 17.3. The summed E-state index contributed by atoms with van der Waals surface area (Å²) in [7, 11) is 0. The maximum absolute atomic E-state index is 12.3. The van der Waals surface area contributed by atoms with Crippen LogP contribution in [0.2, 0.25) is 0 Å². The minimum absolute atomic E-state index is 0.0930. The normalized spacial score (nSPS) is 11.0. The molecule has 4 aromatic rings. The largest absolute Gasteiger partial charge is 0.467 e. The van der Waals surface area contributed by atoms with Gasteiger partial charge in [0.05, 0.1) is 23.2 Å². The van der Waals surface area contributed by atoms with Crippen molar-refractivity contribution in [3.63, 3.8) is 0 Å². The highest BCUT2D eigenvalue weighted by Crippen LogP contribution is 2.30. The summed E-state index contributed by atoms with van der Waals surface area (Å²) in [5.41, 5.74) is 2.69. The van der Waals surface area contributed by atoms with Gasteiger partial charge in [0.2, 0.25) is 11.8 Å². The summed E-state index contributed by atoms with van der Waals surface area (Å²) in [4.78, 5) is 13.2. The van der Waals surface area contributed by atoms with Crippen molar-refractivity contribution in [3.05, 3.63) is 59.1 Å². The predicted octanol–water partition coefficient (Wildman–Crippen LogP) is 3.79. The average Bonchev–Trinajstić information content (AvgIpc) is 3.43. The second-order valence-corrected chi connectivity index (χ2v) is 7.06. The number of amides is 1. The van der Waals surface area contributed by atoms with Gasteiger partial charge in [0.25, 0.3) is 5.89 Å². The lowest BCUT2D eigenvalue weighted by Gasteiger charge is -2.09. The first-order valence-electron chi connectivity index (χ1n) is 8.45. The molecule has 4 rings (SSSR count). The lowest BCUT2D eigenvalue weighted by atomic mass is 10.2. The molecular weight excluding hydrogens is 364 g/mol. The minimum atomic E-state index is -0.0930. The monoisotopic (exact) mass is 382 g/mol. The Labute approximate surface area is 159 Å². The molecule has 0 saturated carbocycles. The Morgan fingerprint density at radius 2 is 2.07 bits per heavy atom. The van der Waals surface area contributed by atoms with Crippen LogP contribution in [0.25, 0.3) is 22.2 Å². The fourth-order valence-electron chi connectivity index (χ4n) is 2.89. The van der Waals surface area contributed by atoms with Crippen LogP contribution in [0.5, 0.6) is 0 Å². The first-order chi connectivity index (χ1) is 13.1. The molecule has 0 unspecified atom stereocenters. The Hall–Kier alpha value is -3.13. The van der Waals surface area contributed by atoms with Crippen LogP contribution in [0.3, 0.4) is 0 Å². The number of hydrogen-bond donors (Lipinski definition) is 1. The van der Waals surface area contributed by atoms with Gasteiger partial charge >= 0.3 is 0 Å². The molecule has 0 aliphatic carbocycles. The van der Waals surface area contributed by atoms with E-state index < -0.39 is 0 Å². The van der Waals surface area contributed by atoms with Gasteiger partial charge in [-0.3, -0.25) is 4.79 Å². The molecule has 0 aliphatic heterocycles. The topological polar surface area (TPSA) is 86.1 Å². The number of nitrogens with zero attached hydrogens (tertiary/aromatic N) is 3. The van der Waals surface area contributed by atoms with Gasteiger partial charge in [-0.15, -0.1) is 21.5 Å². The number of carbonyl (C=O) groups is 1. The van der Waals surface area contributed by atoms with Crippen LogP contribution >= 0.6 is 11.3 Å². The van der Waals surface area contributed by atoms with Crippen molar-refractivity contribution >= 4 is 17.2 Å². The van der Waals surface area contributed by atoms with E-state index in [1.54, 1.807) is 23.7 Å². The van der Waals surface area contributed by atoms with E-state index in [9.17, 15) is 4.79 Å². The summed E-state index contributed by atoms with van der Waals surface area (Å²) in [5, 5.41) is 13.1. The molecule has 0 aliphatic rings. The van der Waals surface area contributed by atoms with E-state index in [1.165, 1.54) is 0 Å². The third-order valence-corrected chi connectivity index (χ3v) is 5.16. The number of furan rings is 1. The van der Waals surface area contributed by atoms with Gasteiger partial charge in [-0.25, -0.2) is 0 Å². The third kappa shape index (κ3) is 3.56. The van der Waals surface area contributed by atoms with Crippen molar-refractivity contribution < 1.29 is 13.6 Å². The van der Waals surface area contributed by atoms with Crippen LogP contribution in [0.4, 0.5) is 0 Å². The molecule has 4 heterocycles. The summed E-state index contributed by atoms with van der Waals surface area (Å²) >= 11 is 1.55. The van der Waals surface area contributed by atoms with E-state index in [1.807, 2.05) is 48.1 Å². The molecule has 0 radical (unpaired) electrons. The lowest BCUT2D eigenvalue weighted by Crippen LogP contribution is -2.27. The van der Waals surface area contributed by atoms with Gasteiger partial charge in [-0.2, -0.15) is 0 Å². The molecule has 0 spiro atoms. The summed E-state index contributed by atoms with van der Waals surface area (Å²) < 4.78 is 13.0. The smallest absolute Gasteiger partial charge is 0.258 e. The van der Waals surface area contributed by atoms with Crippen molar-refractivity contribution in [2.45, 2.75) is 26.9 Å². The fourth-order valence-corrected chi connectivity index (χ4v) is 3.54. The predicted molar refractivity (Wildman–Crippen MR) is 101 cm³/mol. The third-order valence-electron chi connectivity index (χ3n) is 4.30. The van der Waals surface area contributed by atoms with E-state index in [4.69, 9.17) is 8.83 Å². The van der Waals surface area contributed by atoms with Gasteiger partial charge in [-0.05, 0) is 43.5 Å². The molecule has 0 fully saturated rings. The van der Waals surface area contributed by atoms with Gasteiger partial charge in [0.15, 0.2) is 0 Å². The highest BCUT2D eigenvalue weighted by Gasteiger charge is 2.18. The number of thiophene rings is 1. The van der Waals surface area contributed by atoms with Crippen molar-refractivity contribution in [1.82, 2.24) is 20.1 Å². The highest BCUT2D eigenvalue weighted by molar-refractivity contribution is 7.13. The van der Waals surface area contributed by atoms with Crippen LogP contribution in [0, 0.1) is 13.8 Å². The van der Waals surface area contributed by atoms with Crippen LogP contribution in [0.15, 0.2) is 50.8 Å². The summed E-state index contributed by atoms with van der Waals surface area (Å²) in [6.07, 6.45) is 1.59. The van der Waals surface area contributed by atoms with E-state index in [0.29, 0.717) is 18.3 Å². The zero-order valence-corrected chi connectivity index (χ0v) is 15.7. The van der Waals surface area contributed by atoms with Crippen molar-refractivity contribution in [2.75, 3.05) is 0 Å². The van der Waals surface area contributed by atoms with Crippen molar-refractivity contribution in [2.24, 2.45) is 0 Å². The Bertz CT molecular complexity index is 1050. The second-order valence-electron chi connectivity index (χ2n) is 6.12. The zero-order chi connectivity index (χ0) is 18.8. The molecule has 0 saturated heterocycles. The Morgan fingerprint density at radius 1 is 1.22 bits per heavy atom. The Kier molecular flexibility index (Phi) is 4.64. The van der Waals surface area contributed by atoms with Crippen LogP contribution in [-0.4, -0.2) is 20.7 Å². The molecule has 138 valence electrons. The van der Waals surface area contributed by atoms with Crippen LogP contribution in [0.1, 0.15) is 17.1 Å². The molecule has 4 aromatic heterocycles. The van der Waals surface area contributed by atoms with E-state index in [2.05, 4.69) is 15.5 Å². The zero-order valence-electron chi connectivity index (χ0n) is 14.9. The molecule has 0 bridgehead atoms. The summed E-state index contributed by atoms with van der Waals surface area (Å²) in [6, 6.07) is 9.46. The molecule has 8 heteroatoms. The highest BCUT2D eigenvalue weighted by atomic mass is 32.1. The number of carbonyl (C=O) groups excluding carboxylic acids is 1. The molecule has 0 aromatic carbocycles. The van der Waals surface area contributed by atoms with Gasteiger partial charge < -0.3 is 18.7 Å².